The zero-order valence-electron chi connectivity index (χ0n) is 14.2. The first-order chi connectivity index (χ1) is 11.1. The molecule has 3 amide bonds. The summed E-state index contributed by atoms with van der Waals surface area (Å²) < 4.78 is 5.06. The van der Waals surface area contributed by atoms with Gasteiger partial charge in [0.2, 0.25) is 11.8 Å². The lowest BCUT2D eigenvalue weighted by Gasteiger charge is -2.19. The Morgan fingerprint density at radius 3 is 2.38 bits per heavy atom. The monoisotopic (exact) mass is 355 g/mol. The minimum Gasteiger partial charge on any atom is -0.444 e. The lowest BCUT2D eigenvalue weighted by atomic mass is 10.2. The van der Waals surface area contributed by atoms with Gasteiger partial charge in [0.05, 0.1) is 10.7 Å². The van der Waals surface area contributed by atoms with E-state index in [1.165, 1.54) is 13.0 Å². The van der Waals surface area contributed by atoms with Crippen LogP contribution in [-0.2, 0) is 14.3 Å². The zero-order valence-corrected chi connectivity index (χ0v) is 14.9. The quantitative estimate of drug-likeness (QED) is 0.755. The van der Waals surface area contributed by atoms with Crippen LogP contribution in [0.3, 0.4) is 0 Å². The third kappa shape index (κ3) is 7.82. The van der Waals surface area contributed by atoms with Gasteiger partial charge in [-0.3, -0.25) is 9.59 Å². The van der Waals surface area contributed by atoms with Gasteiger partial charge in [-0.25, -0.2) is 4.79 Å². The summed E-state index contributed by atoms with van der Waals surface area (Å²) in [7, 11) is 0. The molecule has 0 radical (unpaired) electrons. The van der Waals surface area contributed by atoms with Gasteiger partial charge >= 0.3 is 6.09 Å². The van der Waals surface area contributed by atoms with Crippen molar-refractivity contribution in [2.24, 2.45) is 0 Å². The second kappa shape index (κ2) is 8.54. The topological polar surface area (TPSA) is 96.5 Å². The number of halogens is 1. The number of hydrogen-bond acceptors (Lipinski definition) is 4. The first-order valence-corrected chi connectivity index (χ1v) is 7.78. The van der Waals surface area contributed by atoms with Crippen LogP contribution in [0.15, 0.2) is 18.2 Å². The van der Waals surface area contributed by atoms with Crippen LogP contribution in [0.1, 0.15) is 34.1 Å². The third-order valence-corrected chi connectivity index (χ3v) is 2.90. The van der Waals surface area contributed by atoms with Crippen LogP contribution in [0, 0.1) is 0 Å². The van der Waals surface area contributed by atoms with Crippen molar-refractivity contribution in [3.05, 3.63) is 23.2 Å². The Labute approximate surface area is 146 Å². The van der Waals surface area contributed by atoms with E-state index in [9.17, 15) is 14.4 Å². The molecule has 0 aliphatic carbocycles. The van der Waals surface area contributed by atoms with Crippen molar-refractivity contribution in [1.82, 2.24) is 5.32 Å². The Kier molecular flexibility index (Phi) is 7.03. The second-order valence-electron chi connectivity index (χ2n) is 6.10. The van der Waals surface area contributed by atoms with Crippen molar-refractivity contribution in [3.8, 4) is 0 Å². The van der Waals surface area contributed by atoms with E-state index >= 15 is 0 Å². The number of nitrogens with one attached hydrogen (secondary N) is 3. The lowest BCUT2D eigenvalue weighted by molar-refractivity contribution is -0.116. The van der Waals surface area contributed by atoms with Crippen LogP contribution in [0.4, 0.5) is 16.2 Å². The van der Waals surface area contributed by atoms with Gasteiger partial charge in [0, 0.05) is 25.6 Å². The van der Waals surface area contributed by atoms with Crippen LogP contribution in [0.5, 0.6) is 0 Å². The first-order valence-electron chi connectivity index (χ1n) is 7.40. The number of carbonyl (C=O) groups is 3. The average Bonchev–Trinajstić information content (AvgIpc) is 2.39. The molecule has 0 heterocycles. The fourth-order valence-corrected chi connectivity index (χ4v) is 1.93. The minimum atomic E-state index is -0.585. The molecular weight excluding hydrogens is 334 g/mol. The second-order valence-corrected chi connectivity index (χ2v) is 6.51. The Hall–Kier alpha value is -2.28. The normalized spacial score (nSPS) is 10.7. The summed E-state index contributed by atoms with van der Waals surface area (Å²) >= 11 is 6.02. The standard InChI is InChI=1S/C16H22ClN3O4/c1-10(21)19-13-6-5-11(9-12(13)17)20-14(22)7-8-18-15(23)24-16(2,3)4/h5-6,9H,7-8H2,1-4H3,(H,18,23)(H,19,21)(H,20,22). The number of amides is 3. The largest absolute Gasteiger partial charge is 0.444 e. The fraction of sp³-hybridized carbons (Fsp3) is 0.438. The van der Waals surface area contributed by atoms with Crippen molar-refractivity contribution >= 4 is 40.9 Å². The molecule has 0 spiro atoms. The van der Waals surface area contributed by atoms with Crippen LogP contribution >= 0.6 is 11.6 Å². The summed E-state index contributed by atoms with van der Waals surface area (Å²) in [5.41, 5.74) is 0.379. The molecule has 8 heteroatoms. The molecule has 24 heavy (non-hydrogen) atoms. The molecule has 0 saturated carbocycles. The van der Waals surface area contributed by atoms with Crippen molar-refractivity contribution in [1.29, 1.82) is 0 Å². The molecular formula is C16H22ClN3O4. The van der Waals surface area contributed by atoms with Gasteiger partial charge in [0.15, 0.2) is 0 Å². The van der Waals surface area contributed by atoms with Gasteiger partial charge in [-0.15, -0.1) is 0 Å². The highest BCUT2D eigenvalue weighted by atomic mass is 35.5. The van der Waals surface area contributed by atoms with Crippen LogP contribution < -0.4 is 16.0 Å². The maximum Gasteiger partial charge on any atom is 0.407 e. The highest BCUT2D eigenvalue weighted by Gasteiger charge is 2.16. The molecule has 0 fully saturated rings. The van der Waals surface area contributed by atoms with Crippen molar-refractivity contribution < 1.29 is 19.1 Å². The Morgan fingerprint density at radius 2 is 1.83 bits per heavy atom. The maximum absolute atomic E-state index is 11.8. The smallest absolute Gasteiger partial charge is 0.407 e. The summed E-state index contributed by atoms with van der Waals surface area (Å²) in [6, 6.07) is 4.75. The van der Waals surface area contributed by atoms with Crippen molar-refractivity contribution in [2.75, 3.05) is 17.2 Å². The van der Waals surface area contributed by atoms with Gasteiger partial charge in [-0.2, -0.15) is 0 Å². The van der Waals surface area contributed by atoms with E-state index in [1.54, 1.807) is 32.9 Å². The van der Waals surface area contributed by atoms with Crippen LogP contribution in [0.2, 0.25) is 5.02 Å². The van der Waals surface area contributed by atoms with E-state index < -0.39 is 11.7 Å². The summed E-state index contributed by atoms with van der Waals surface area (Å²) in [6.45, 7) is 6.80. The third-order valence-electron chi connectivity index (χ3n) is 2.58. The Morgan fingerprint density at radius 1 is 1.17 bits per heavy atom. The van der Waals surface area contributed by atoms with Gasteiger partial charge in [0.1, 0.15) is 5.60 Å². The number of hydrogen-bond donors (Lipinski definition) is 3. The molecule has 1 aromatic rings. The van der Waals surface area contributed by atoms with Gasteiger partial charge in [-0.1, -0.05) is 11.6 Å². The molecule has 0 atom stereocenters. The fourth-order valence-electron chi connectivity index (χ4n) is 1.70. The summed E-state index contributed by atoms with van der Waals surface area (Å²) in [5, 5.41) is 8.05. The number of carbonyl (C=O) groups excluding carboxylic acids is 3. The molecule has 1 rings (SSSR count). The molecule has 0 aliphatic rings. The van der Waals surface area contributed by atoms with E-state index in [4.69, 9.17) is 16.3 Å². The molecule has 132 valence electrons. The van der Waals surface area contributed by atoms with Crippen molar-refractivity contribution in [2.45, 2.75) is 39.7 Å². The molecule has 0 unspecified atom stereocenters. The first kappa shape index (κ1) is 19.8. The highest BCUT2D eigenvalue weighted by Crippen LogP contribution is 2.25. The SMILES string of the molecule is CC(=O)Nc1ccc(NC(=O)CCNC(=O)OC(C)(C)C)cc1Cl. The van der Waals surface area contributed by atoms with E-state index in [1.807, 2.05) is 0 Å². The molecule has 0 bridgehead atoms. The van der Waals surface area contributed by atoms with Crippen LogP contribution in [0.25, 0.3) is 0 Å². The van der Waals surface area contributed by atoms with Gasteiger partial charge in [-0.05, 0) is 39.0 Å². The van der Waals surface area contributed by atoms with E-state index in [0.717, 1.165) is 0 Å². The summed E-state index contributed by atoms with van der Waals surface area (Å²) in [4.78, 5) is 34.3. The number of benzene rings is 1. The number of anilines is 2. The highest BCUT2D eigenvalue weighted by molar-refractivity contribution is 6.34. The maximum atomic E-state index is 11.8. The zero-order chi connectivity index (χ0) is 18.3. The van der Waals surface area contributed by atoms with Gasteiger partial charge in [0.25, 0.3) is 0 Å². The predicted octanol–water partition coefficient (Wildman–Crippen LogP) is 3.15. The Bertz CT molecular complexity index is 626. The van der Waals surface area contributed by atoms with Crippen LogP contribution in [-0.4, -0.2) is 30.1 Å². The molecule has 0 aliphatic heterocycles. The molecule has 1 aromatic carbocycles. The molecule has 7 nitrogen and oxygen atoms in total. The van der Waals surface area contributed by atoms with E-state index in [0.29, 0.717) is 16.4 Å². The predicted molar refractivity (Wildman–Crippen MR) is 93.2 cm³/mol. The molecule has 0 aromatic heterocycles. The molecule has 3 N–H and O–H groups in total. The summed E-state index contributed by atoms with van der Waals surface area (Å²) in [5.74, 6) is -0.517. The summed E-state index contributed by atoms with van der Waals surface area (Å²) in [6.07, 6.45) is -0.484. The minimum absolute atomic E-state index is 0.0876. The van der Waals surface area contributed by atoms with Gasteiger partial charge < -0.3 is 20.7 Å². The number of alkyl carbamates (subject to hydrolysis) is 1. The molecule has 0 saturated heterocycles. The van der Waals surface area contributed by atoms with Crippen molar-refractivity contribution in [3.63, 3.8) is 0 Å². The Balaban J connectivity index is 2.44. The lowest BCUT2D eigenvalue weighted by Crippen LogP contribution is -2.34. The number of rotatable bonds is 5. The average molecular weight is 356 g/mol. The van der Waals surface area contributed by atoms with E-state index in [2.05, 4.69) is 16.0 Å². The number of ether oxygens (including phenoxy) is 1. The van der Waals surface area contributed by atoms with E-state index in [-0.39, 0.29) is 24.8 Å².